The number of aryl methyl sites for hydroxylation is 2. The number of aliphatic hydroxyl groups is 1. The van der Waals surface area contributed by atoms with E-state index >= 15 is 0 Å². The number of methoxy groups -OCH3 is 1. The molecule has 7 rings (SSSR count). The standard InChI is InChI=1S/C46H48O9/c1-28(2)34-18-16-30-15-17-33-25-31(14-13-29-10-6-5-7-11-29)26-39(48)52-42-40-38(20-19-35-37(27-47)36(21-23-51-4)45(50)53-41(35)40)55-46(3,43(42)54-44(34)49)22-9-8-12-32(33)24-30/h5-7,10-11,15,17,19-20,24,31,42-43,47H,12-14,16,18,21-23,25-27H2,1-4H3. The fourth-order valence-electron chi connectivity index (χ4n) is 8.22. The van der Waals surface area contributed by atoms with Gasteiger partial charge in [-0.3, -0.25) is 4.79 Å². The average molecular weight is 745 g/mol. The summed E-state index contributed by atoms with van der Waals surface area (Å²) in [6, 6.07) is 20.1. The lowest BCUT2D eigenvalue weighted by Crippen LogP contribution is -2.54. The lowest BCUT2D eigenvalue weighted by Gasteiger charge is -2.44. The maximum Gasteiger partial charge on any atom is 0.339 e. The molecule has 286 valence electrons. The number of rotatable bonds is 7. The molecule has 0 spiro atoms. The van der Waals surface area contributed by atoms with Gasteiger partial charge in [0.05, 0.1) is 25.2 Å². The molecule has 1 N–H and O–H groups in total. The molecule has 4 aromatic rings. The van der Waals surface area contributed by atoms with Crippen LogP contribution in [0.2, 0.25) is 0 Å². The number of ether oxygens (including phenoxy) is 4. The maximum absolute atomic E-state index is 14.5. The number of esters is 2. The van der Waals surface area contributed by atoms with Crippen LogP contribution in [0.25, 0.3) is 11.0 Å². The molecule has 0 saturated heterocycles. The van der Waals surface area contributed by atoms with Crippen LogP contribution in [0.4, 0.5) is 0 Å². The minimum absolute atomic E-state index is 0.0835. The minimum Gasteiger partial charge on any atom is -0.482 e. The van der Waals surface area contributed by atoms with Gasteiger partial charge in [0.1, 0.15) is 11.3 Å². The fourth-order valence-corrected chi connectivity index (χ4v) is 8.22. The Morgan fingerprint density at radius 1 is 0.927 bits per heavy atom. The van der Waals surface area contributed by atoms with E-state index in [0.717, 1.165) is 35.1 Å². The van der Waals surface area contributed by atoms with Gasteiger partial charge in [0.15, 0.2) is 17.8 Å². The van der Waals surface area contributed by atoms with E-state index in [-0.39, 0.29) is 42.9 Å². The Kier molecular flexibility index (Phi) is 11.3. The van der Waals surface area contributed by atoms with E-state index in [9.17, 15) is 19.5 Å². The van der Waals surface area contributed by atoms with Gasteiger partial charge >= 0.3 is 17.6 Å². The monoisotopic (exact) mass is 744 g/mol. The zero-order chi connectivity index (χ0) is 38.7. The summed E-state index contributed by atoms with van der Waals surface area (Å²) in [6.45, 7) is 5.39. The highest BCUT2D eigenvalue weighted by Crippen LogP contribution is 2.49. The number of allylic oxidation sites excluding steroid dienone is 1. The molecule has 4 heterocycles. The van der Waals surface area contributed by atoms with E-state index in [4.69, 9.17) is 23.4 Å². The van der Waals surface area contributed by atoms with Gasteiger partial charge in [-0.05, 0) is 98.7 Å². The van der Waals surface area contributed by atoms with Crippen LogP contribution in [0, 0.1) is 17.8 Å². The molecule has 0 radical (unpaired) electrons. The third kappa shape index (κ3) is 7.98. The van der Waals surface area contributed by atoms with Gasteiger partial charge in [0, 0.05) is 42.9 Å². The summed E-state index contributed by atoms with van der Waals surface area (Å²) < 4.78 is 31.1. The number of benzene rings is 3. The Morgan fingerprint density at radius 3 is 2.51 bits per heavy atom. The first-order valence-corrected chi connectivity index (χ1v) is 19.2. The molecule has 3 aliphatic rings. The summed E-state index contributed by atoms with van der Waals surface area (Å²) in [4.78, 5) is 42.4. The van der Waals surface area contributed by atoms with Crippen molar-refractivity contribution in [1.29, 1.82) is 0 Å². The topological polar surface area (TPSA) is 122 Å². The van der Waals surface area contributed by atoms with Crippen molar-refractivity contribution in [1.82, 2.24) is 0 Å². The zero-order valence-electron chi connectivity index (χ0n) is 32.0. The first kappa shape index (κ1) is 38.1. The highest BCUT2D eigenvalue weighted by atomic mass is 16.6. The van der Waals surface area contributed by atoms with Crippen molar-refractivity contribution in [3.63, 3.8) is 0 Å². The summed E-state index contributed by atoms with van der Waals surface area (Å²) >= 11 is 0. The highest BCUT2D eigenvalue weighted by molar-refractivity contribution is 5.90. The molecule has 0 amide bonds. The van der Waals surface area contributed by atoms with Gasteiger partial charge in [0.2, 0.25) is 0 Å². The van der Waals surface area contributed by atoms with E-state index in [1.165, 1.54) is 12.7 Å². The van der Waals surface area contributed by atoms with Gasteiger partial charge in [-0.1, -0.05) is 65.9 Å². The van der Waals surface area contributed by atoms with Crippen molar-refractivity contribution in [2.75, 3.05) is 13.7 Å². The third-order valence-electron chi connectivity index (χ3n) is 11.3. The van der Waals surface area contributed by atoms with E-state index in [2.05, 4.69) is 42.2 Å². The SMILES string of the molecule is COCCc1c(CO)c2ccc3c(c2oc1=O)C1OC(=O)CC(CCc2ccccc2)Cc2ccc4cc2CC#CCC(C)(O3)C1OC(=O)C(=C(C)C)CC4. The van der Waals surface area contributed by atoms with Crippen LogP contribution < -0.4 is 10.4 Å². The normalized spacial score (nSPS) is 22.3. The van der Waals surface area contributed by atoms with Crippen molar-refractivity contribution >= 4 is 22.9 Å². The molecular weight excluding hydrogens is 696 g/mol. The molecule has 9 nitrogen and oxygen atoms in total. The molecule has 4 unspecified atom stereocenters. The van der Waals surface area contributed by atoms with Crippen molar-refractivity contribution in [2.45, 2.75) is 103 Å². The quantitative estimate of drug-likeness (QED) is 0.0904. The second kappa shape index (κ2) is 16.3. The Balaban J connectivity index is 1.43. The van der Waals surface area contributed by atoms with Crippen LogP contribution in [-0.4, -0.2) is 42.5 Å². The van der Waals surface area contributed by atoms with E-state index in [1.54, 1.807) is 12.1 Å². The summed E-state index contributed by atoms with van der Waals surface area (Å²) in [5.74, 6) is 5.92. The number of carbonyl (C=O) groups is 2. The fraction of sp³-hybridized carbons (Fsp3) is 0.413. The Hall–Kier alpha value is -5.17. The summed E-state index contributed by atoms with van der Waals surface area (Å²) in [7, 11) is 1.53. The van der Waals surface area contributed by atoms with Crippen LogP contribution in [0.1, 0.15) is 91.5 Å². The van der Waals surface area contributed by atoms with Crippen LogP contribution in [-0.2, 0) is 62.5 Å². The Labute approximate surface area is 321 Å². The van der Waals surface area contributed by atoms with Crippen LogP contribution in [0.15, 0.2) is 81.0 Å². The molecular formula is C46H48O9. The maximum atomic E-state index is 14.5. The first-order chi connectivity index (χ1) is 26.6. The van der Waals surface area contributed by atoms with Gasteiger partial charge in [-0.15, -0.1) is 0 Å². The lowest BCUT2D eigenvalue weighted by atomic mass is 9.82. The molecule has 4 atom stereocenters. The van der Waals surface area contributed by atoms with Gasteiger partial charge in [-0.2, -0.15) is 0 Å². The molecule has 3 aliphatic heterocycles. The van der Waals surface area contributed by atoms with Gasteiger partial charge in [-0.25, -0.2) is 9.59 Å². The smallest absolute Gasteiger partial charge is 0.339 e. The molecule has 1 aromatic heterocycles. The second-order valence-electron chi connectivity index (χ2n) is 15.3. The van der Waals surface area contributed by atoms with Crippen molar-refractivity contribution in [2.24, 2.45) is 5.92 Å². The molecule has 3 aromatic carbocycles. The van der Waals surface area contributed by atoms with Gasteiger partial charge in [0.25, 0.3) is 0 Å². The Bertz CT molecular complexity index is 2250. The van der Waals surface area contributed by atoms with Crippen molar-refractivity contribution in [3.8, 4) is 17.6 Å². The number of aliphatic hydroxyl groups excluding tert-OH is 1. The predicted molar refractivity (Wildman–Crippen MR) is 208 cm³/mol. The number of hydrogen-bond acceptors (Lipinski definition) is 9. The Morgan fingerprint density at radius 2 is 1.75 bits per heavy atom. The van der Waals surface area contributed by atoms with Gasteiger partial charge < -0.3 is 28.5 Å². The summed E-state index contributed by atoms with van der Waals surface area (Å²) in [5.41, 5.74) is 4.99. The van der Waals surface area contributed by atoms with Crippen LogP contribution in [0.3, 0.4) is 0 Å². The molecule has 5 bridgehead atoms. The van der Waals surface area contributed by atoms with E-state index in [0.29, 0.717) is 53.5 Å². The molecule has 9 heteroatoms. The first-order valence-electron chi connectivity index (χ1n) is 19.2. The number of fused-ring (bicyclic) bond motifs is 7. The van der Waals surface area contributed by atoms with Crippen LogP contribution in [0.5, 0.6) is 5.75 Å². The van der Waals surface area contributed by atoms with E-state index in [1.807, 2.05) is 39.0 Å². The third-order valence-corrected chi connectivity index (χ3v) is 11.3. The summed E-state index contributed by atoms with van der Waals surface area (Å²) in [5, 5.41) is 11.0. The number of hydrogen-bond donors (Lipinski definition) is 1. The molecule has 0 saturated carbocycles. The highest BCUT2D eigenvalue weighted by Gasteiger charge is 2.53. The van der Waals surface area contributed by atoms with E-state index < -0.39 is 42.0 Å². The largest absolute Gasteiger partial charge is 0.482 e. The van der Waals surface area contributed by atoms with Crippen molar-refractivity contribution < 1.29 is 38.1 Å². The summed E-state index contributed by atoms with van der Waals surface area (Å²) in [6.07, 6.45) is 1.82. The molecule has 0 aliphatic carbocycles. The zero-order valence-corrected chi connectivity index (χ0v) is 32.0. The van der Waals surface area contributed by atoms with Crippen LogP contribution >= 0.6 is 0 Å². The predicted octanol–water partition coefficient (Wildman–Crippen LogP) is 7.24. The minimum atomic E-state index is -1.27. The lowest BCUT2D eigenvalue weighted by molar-refractivity contribution is -0.190. The van der Waals surface area contributed by atoms with Crippen molar-refractivity contribution in [3.05, 3.63) is 121 Å². The number of carbonyl (C=O) groups excluding carboxylic acids is 2. The molecule has 0 fully saturated rings. The average Bonchev–Trinajstić information content (AvgIpc) is 3.16. The second-order valence-corrected chi connectivity index (χ2v) is 15.3. The molecule has 55 heavy (non-hydrogen) atoms.